The third-order valence-electron chi connectivity index (χ3n) is 2.55. The van der Waals surface area contributed by atoms with Crippen molar-refractivity contribution >= 4 is 0 Å². The normalized spacial score (nSPS) is 11.8. The number of halogens is 3. The molecular weight excluding hydrogens is 247 g/mol. The zero-order valence-electron chi connectivity index (χ0n) is 9.24. The molecule has 1 heterocycles. The average molecular weight is 257 g/mol. The minimum absolute atomic E-state index is 0.209. The molecule has 0 aliphatic rings. The molecule has 2 rings (SSSR count). The molecule has 2 aromatic rings. The Morgan fingerprint density at radius 3 is 2.39 bits per heavy atom. The number of hydrogen-bond donors (Lipinski definition) is 1. The van der Waals surface area contributed by atoms with Crippen LogP contribution in [-0.4, -0.2) is 10.3 Å². The second kappa shape index (κ2) is 4.81. The molecule has 0 aliphatic heterocycles. The van der Waals surface area contributed by atoms with E-state index in [4.69, 9.17) is 9.63 Å². The largest absolute Gasteiger partial charge is 0.416 e. The summed E-state index contributed by atoms with van der Waals surface area (Å²) < 4.78 is 42.0. The van der Waals surface area contributed by atoms with Crippen molar-refractivity contribution in [1.82, 2.24) is 5.16 Å². The van der Waals surface area contributed by atoms with Gasteiger partial charge < -0.3 is 9.63 Å². The number of alkyl halides is 3. The Labute approximate surface area is 101 Å². The Balaban J connectivity index is 2.16. The monoisotopic (exact) mass is 257 g/mol. The van der Waals surface area contributed by atoms with E-state index in [1.807, 2.05) is 0 Å². The lowest BCUT2D eigenvalue weighted by atomic mass is 10.1. The van der Waals surface area contributed by atoms with Crippen LogP contribution < -0.4 is 0 Å². The summed E-state index contributed by atoms with van der Waals surface area (Å²) >= 11 is 0. The van der Waals surface area contributed by atoms with Crippen molar-refractivity contribution in [3.8, 4) is 0 Å². The number of aliphatic hydroxyl groups excluding tert-OH is 1. The minimum Gasteiger partial charge on any atom is -0.391 e. The Bertz CT molecular complexity index is 517. The maximum atomic E-state index is 12.4. The molecule has 0 saturated heterocycles. The van der Waals surface area contributed by atoms with Crippen LogP contribution in [0.2, 0.25) is 0 Å². The number of aromatic nitrogens is 1. The molecule has 18 heavy (non-hydrogen) atoms. The van der Waals surface area contributed by atoms with Gasteiger partial charge in [-0.05, 0) is 17.7 Å². The number of hydrogen-bond acceptors (Lipinski definition) is 3. The third-order valence-corrected chi connectivity index (χ3v) is 2.55. The van der Waals surface area contributed by atoms with Gasteiger partial charge in [-0.1, -0.05) is 17.3 Å². The Kier molecular flexibility index (Phi) is 3.38. The minimum atomic E-state index is -4.33. The van der Waals surface area contributed by atoms with Crippen molar-refractivity contribution in [2.75, 3.05) is 0 Å². The van der Waals surface area contributed by atoms with Gasteiger partial charge in [-0.25, -0.2) is 0 Å². The molecule has 0 aliphatic carbocycles. The van der Waals surface area contributed by atoms with Crippen molar-refractivity contribution in [3.63, 3.8) is 0 Å². The summed E-state index contributed by atoms with van der Waals surface area (Å²) in [6.45, 7) is -0.209. The van der Waals surface area contributed by atoms with Crippen LogP contribution in [0.5, 0.6) is 0 Å². The van der Waals surface area contributed by atoms with Crippen LogP contribution in [0, 0.1) is 0 Å². The zero-order chi connectivity index (χ0) is 13.2. The highest BCUT2D eigenvalue weighted by Gasteiger charge is 2.29. The molecule has 0 radical (unpaired) electrons. The summed E-state index contributed by atoms with van der Waals surface area (Å²) in [4.78, 5) is 0. The second-order valence-electron chi connectivity index (χ2n) is 3.80. The van der Waals surface area contributed by atoms with E-state index in [9.17, 15) is 13.2 Å². The molecule has 0 bridgehead atoms. The van der Waals surface area contributed by atoms with E-state index in [1.165, 1.54) is 18.3 Å². The van der Waals surface area contributed by atoms with Crippen LogP contribution in [-0.2, 0) is 19.2 Å². The van der Waals surface area contributed by atoms with Crippen molar-refractivity contribution in [2.45, 2.75) is 19.2 Å². The lowest BCUT2D eigenvalue weighted by Crippen LogP contribution is -2.04. The van der Waals surface area contributed by atoms with Crippen molar-refractivity contribution < 1.29 is 22.8 Å². The van der Waals surface area contributed by atoms with E-state index in [0.29, 0.717) is 23.3 Å². The number of rotatable bonds is 3. The first kappa shape index (κ1) is 12.6. The van der Waals surface area contributed by atoms with E-state index < -0.39 is 11.7 Å². The van der Waals surface area contributed by atoms with E-state index in [0.717, 1.165) is 12.1 Å². The highest BCUT2D eigenvalue weighted by molar-refractivity contribution is 5.28. The Morgan fingerprint density at radius 1 is 1.17 bits per heavy atom. The molecule has 1 N–H and O–H groups in total. The summed E-state index contributed by atoms with van der Waals surface area (Å²) in [6, 6.07) is 4.80. The number of nitrogens with zero attached hydrogens (tertiary/aromatic N) is 1. The molecule has 1 aromatic carbocycles. The second-order valence-corrected chi connectivity index (χ2v) is 3.80. The lowest BCUT2D eigenvalue weighted by molar-refractivity contribution is -0.137. The maximum absolute atomic E-state index is 12.4. The fourth-order valence-corrected chi connectivity index (χ4v) is 1.56. The summed E-state index contributed by atoms with van der Waals surface area (Å²) in [5.41, 5.74) is 0.510. The first-order chi connectivity index (χ1) is 8.50. The molecular formula is C12H10F3NO2. The average Bonchev–Trinajstić information content (AvgIpc) is 2.76. The summed E-state index contributed by atoms with van der Waals surface area (Å²) in [5.74, 6) is 0.456. The zero-order valence-corrected chi connectivity index (χ0v) is 9.24. The molecule has 96 valence electrons. The molecule has 6 heteroatoms. The van der Waals surface area contributed by atoms with Crippen LogP contribution in [0.25, 0.3) is 0 Å². The van der Waals surface area contributed by atoms with E-state index in [-0.39, 0.29) is 6.61 Å². The number of benzene rings is 1. The highest BCUT2D eigenvalue weighted by atomic mass is 19.4. The van der Waals surface area contributed by atoms with Gasteiger partial charge in [0.25, 0.3) is 0 Å². The molecule has 3 nitrogen and oxygen atoms in total. The summed E-state index contributed by atoms with van der Waals surface area (Å²) in [5, 5.41) is 12.5. The predicted octanol–water partition coefficient (Wildman–Crippen LogP) is 2.78. The van der Waals surface area contributed by atoms with Gasteiger partial charge in [0.2, 0.25) is 0 Å². The van der Waals surface area contributed by atoms with Crippen LogP contribution >= 0.6 is 0 Å². The summed E-state index contributed by atoms with van der Waals surface area (Å²) in [6.07, 6.45) is -2.64. The predicted molar refractivity (Wildman–Crippen MR) is 56.7 cm³/mol. The molecule has 0 amide bonds. The van der Waals surface area contributed by atoms with Crippen molar-refractivity contribution in [2.24, 2.45) is 0 Å². The highest BCUT2D eigenvalue weighted by Crippen LogP contribution is 2.29. The van der Waals surface area contributed by atoms with E-state index >= 15 is 0 Å². The van der Waals surface area contributed by atoms with Gasteiger partial charge in [0.05, 0.1) is 18.4 Å². The lowest BCUT2D eigenvalue weighted by Gasteiger charge is -2.07. The van der Waals surface area contributed by atoms with Gasteiger partial charge in [-0.2, -0.15) is 13.2 Å². The molecule has 1 aromatic heterocycles. The maximum Gasteiger partial charge on any atom is 0.416 e. The molecule has 0 spiro atoms. The first-order valence-corrected chi connectivity index (χ1v) is 5.20. The first-order valence-electron chi connectivity index (χ1n) is 5.20. The van der Waals surface area contributed by atoms with Gasteiger partial charge in [-0.15, -0.1) is 0 Å². The Hall–Kier alpha value is -1.82. The summed E-state index contributed by atoms with van der Waals surface area (Å²) in [7, 11) is 0. The Morgan fingerprint density at radius 2 is 1.83 bits per heavy atom. The van der Waals surface area contributed by atoms with Crippen molar-refractivity contribution in [3.05, 3.63) is 52.9 Å². The smallest absolute Gasteiger partial charge is 0.391 e. The fourth-order valence-electron chi connectivity index (χ4n) is 1.56. The van der Waals surface area contributed by atoms with Gasteiger partial charge in [0.15, 0.2) is 0 Å². The standard InChI is InChI=1S/C12H10F3NO2/c13-12(14,15)10-3-1-8(2-4-10)5-11-9(7-17)6-16-18-11/h1-4,6,17H,5,7H2. The third kappa shape index (κ3) is 2.70. The fraction of sp³-hybridized carbons (Fsp3) is 0.250. The van der Waals surface area contributed by atoms with Crippen LogP contribution in [0.15, 0.2) is 35.0 Å². The molecule has 0 unspecified atom stereocenters. The van der Waals surface area contributed by atoms with Gasteiger partial charge >= 0.3 is 6.18 Å². The van der Waals surface area contributed by atoms with Crippen LogP contribution in [0.1, 0.15) is 22.5 Å². The molecule has 0 fully saturated rings. The SMILES string of the molecule is OCc1cnoc1Cc1ccc(C(F)(F)F)cc1. The van der Waals surface area contributed by atoms with Gasteiger partial charge in [0, 0.05) is 12.0 Å². The quantitative estimate of drug-likeness (QED) is 0.919. The number of aliphatic hydroxyl groups is 1. The molecule has 0 atom stereocenters. The van der Waals surface area contributed by atoms with Gasteiger partial charge in [0.1, 0.15) is 5.76 Å². The van der Waals surface area contributed by atoms with E-state index in [2.05, 4.69) is 5.16 Å². The van der Waals surface area contributed by atoms with Crippen LogP contribution in [0.3, 0.4) is 0 Å². The van der Waals surface area contributed by atoms with E-state index in [1.54, 1.807) is 0 Å². The topological polar surface area (TPSA) is 46.3 Å². The van der Waals surface area contributed by atoms with Gasteiger partial charge in [-0.3, -0.25) is 0 Å². The molecule has 0 saturated carbocycles. The van der Waals surface area contributed by atoms with Crippen LogP contribution in [0.4, 0.5) is 13.2 Å². The van der Waals surface area contributed by atoms with Crippen molar-refractivity contribution in [1.29, 1.82) is 0 Å².